The van der Waals surface area contributed by atoms with Crippen molar-refractivity contribution in [3.8, 4) is 0 Å². The fourth-order valence-electron chi connectivity index (χ4n) is 1.66. The van der Waals surface area contributed by atoms with E-state index in [0.717, 1.165) is 0 Å². The first-order valence-electron chi connectivity index (χ1n) is 5.59. The molecule has 104 valence electrons. The molecule has 0 aromatic heterocycles. The van der Waals surface area contributed by atoms with Crippen molar-refractivity contribution in [2.75, 3.05) is 21.1 Å². The van der Waals surface area contributed by atoms with Gasteiger partial charge in [-0.3, -0.25) is 9.59 Å². The van der Waals surface area contributed by atoms with Crippen molar-refractivity contribution in [2.24, 2.45) is 16.8 Å². The zero-order valence-corrected chi connectivity index (χ0v) is 11.3. The van der Waals surface area contributed by atoms with E-state index in [1.54, 1.807) is 28.1 Å². The van der Waals surface area contributed by atoms with E-state index < -0.39 is 11.9 Å². The Morgan fingerprint density at radius 1 is 1.47 bits per heavy atom. The van der Waals surface area contributed by atoms with Crippen LogP contribution in [0.5, 0.6) is 0 Å². The van der Waals surface area contributed by atoms with E-state index >= 15 is 0 Å². The maximum atomic E-state index is 12.0. The number of carbonyl (C=O) groups excluding carboxylic acids is 3. The highest BCUT2D eigenvalue weighted by Crippen LogP contribution is 2.19. The second kappa shape index (κ2) is 5.51. The molecule has 1 rings (SSSR count). The summed E-state index contributed by atoms with van der Waals surface area (Å²) in [5.74, 6) is -1.17. The van der Waals surface area contributed by atoms with Crippen molar-refractivity contribution >= 4 is 23.6 Å². The molecule has 1 unspecified atom stereocenters. The maximum absolute atomic E-state index is 12.0. The van der Waals surface area contributed by atoms with Crippen LogP contribution in [0, 0.1) is 5.92 Å². The molecule has 8 nitrogen and oxygen atoms in total. The van der Waals surface area contributed by atoms with E-state index in [0.29, 0.717) is 0 Å². The Bertz CT molecular complexity index is 481. The first-order valence-corrected chi connectivity index (χ1v) is 5.59. The number of nitrogens with one attached hydrogen (secondary N) is 1. The first kappa shape index (κ1) is 14.7. The lowest BCUT2D eigenvalue weighted by atomic mass is 9.93. The summed E-state index contributed by atoms with van der Waals surface area (Å²) in [4.78, 5) is 37.3. The number of rotatable bonds is 2. The maximum Gasteiger partial charge on any atom is 0.332 e. The molecule has 3 N–H and O–H groups in total. The van der Waals surface area contributed by atoms with Crippen molar-refractivity contribution in [3.05, 3.63) is 11.8 Å². The smallest absolute Gasteiger partial charge is 0.332 e. The Kier molecular flexibility index (Phi) is 4.26. The highest BCUT2D eigenvalue weighted by molar-refractivity contribution is 6.28. The van der Waals surface area contributed by atoms with Crippen molar-refractivity contribution in [1.82, 2.24) is 15.2 Å². The van der Waals surface area contributed by atoms with E-state index in [9.17, 15) is 14.4 Å². The Labute approximate surface area is 110 Å². The molecule has 0 radical (unpaired) electrons. The average Bonchev–Trinajstić information content (AvgIpc) is 2.33. The van der Waals surface area contributed by atoms with Crippen molar-refractivity contribution < 1.29 is 14.4 Å². The number of hydrazone groups is 1. The summed E-state index contributed by atoms with van der Waals surface area (Å²) in [6.45, 7) is 1.61. The lowest BCUT2D eigenvalue weighted by Gasteiger charge is -2.28. The van der Waals surface area contributed by atoms with E-state index in [4.69, 9.17) is 5.73 Å². The summed E-state index contributed by atoms with van der Waals surface area (Å²) in [5, 5.41) is 3.76. The SMILES string of the molecule is CC1C(=O)N(C)C=C(C(=O)N(C)C)C1=NNC(N)=O. The van der Waals surface area contributed by atoms with Crippen LogP contribution >= 0.6 is 0 Å². The number of amides is 4. The number of hydrogen-bond donors (Lipinski definition) is 2. The van der Waals surface area contributed by atoms with E-state index in [1.807, 2.05) is 5.43 Å². The molecule has 0 saturated carbocycles. The second-order valence-electron chi connectivity index (χ2n) is 4.39. The summed E-state index contributed by atoms with van der Waals surface area (Å²) >= 11 is 0. The first-order chi connectivity index (χ1) is 8.75. The van der Waals surface area contributed by atoms with Gasteiger partial charge in [0.05, 0.1) is 17.2 Å². The van der Waals surface area contributed by atoms with Gasteiger partial charge in [-0.1, -0.05) is 0 Å². The highest BCUT2D eigenvalue weighted by atomic mass is 16.2. The molecule has 1 heterocycles. The third kappa shape index (κ3) is 3.09. The lowest BCUT2D eigenvalue weighted by molar-refractivity contribution is -0.129. The minimum absolute atomic E-state index is 0.195. The average molecular weight is 267 g/mol. The largest absolute Gasteiger partial charge is 0.350 e. The van der Waals surface area contributed by atoms with Gasteiger partial charge in [-0.15, -0.1) is 0 Å². The van der Waals surface area contributed by atoms with Crippen molar-refractivity contribution in [3.63, 3.8) is 0 Å². The minimum Gasteiger partial charge on any atom is -0.350 e. The molecule has 0 fully saturated rings. The standard InChI is InChI=1S/C11H17N5O3/c1-6-8(13-14-11(12)19)7(10(18)15(2)3)5-16(4)9(6)17/h5-6H,1-4H3,(H3,12,14,19). The molecule has 1 aliphatic heterocycles. The Morgan fingerprint density at radius 3 is 2.53 bits per heavy atom. The number of urea groups is 1. The van der Waals surface area contributed by atoms with Crippen LogP contribution in [0.4, 0.5) is 4.79 Å². The molecule has 19 heavy (non-hydrogen) atoms. The fraction of sp³-hybridized carbons (Fsp3) is 0.455. The lowest BCUT2D eigenvalue weighted by Crippen LogP contribution is -2.43. The van der Waals surface area contributed by atoms with Crippen LogP contribution in [0.2, 0.25) is 0 Å². The normalized spacial score (nSPS) is 21.2. The molecule has 0 spiro atoms. The predicted molar refractivity (Wildman–Crippen MR) is 68.9 cm³/mol. The topological polar surface area (TPSA) is 108 Å². The van der Waals surface area contributed by atoms with Crippen LogP contribution in [0.1, 0.15) is 6.92 Å². The van der Waals surface area contributed by atoms with Gasteiger partial charge in [0.1, 0.15) is 0 Å². The van der Waals surface area contributed by atoms with Crippen LogP contribution in [0.3, 0.4) is 0 Å². The molecule has 0 aliphatic carbocycles. The van der Waals surface area contributed by atoms with Crippen LogP contribution in [-0.4, -0.2) is 54.5 Å². The van der Waals surface area contributed by atoms with Gasteiger partial charge in [0.25, 0.3) is 5.91 Å². The van der Waals surface area contributed by atoms with Gasteiger partial charge in [0.2, 0.25) is 5.91 Å². The molecule has 1 aliphatic rings. The Morgan fingerprint density at radius 2 is 2.05 bits per heavy atom. The molecular formula is C11H17N5O3. The number of primary amides is 1. The highest BCUT2D eigenvalue weighted by Gasteiger charge is 2.34. The summed E-state index contributed by atoms with van der Waals surface area (Å²) in [7, 11) is 4.73. The quantitative estimate of drug-likeness (QED) is 0.632. The van der Waals surface area contributed by atoms with Crippen LogP contribution in [0.25, 0.3) is 0 Å². The molecular weight excluding hydrogens is 250 g/mol. The molecule has 8 heteroatoms. The van der Waals surface area contributed by atoms with Crippen molar-refractivity contribution in [1.29, 1.82) is 0 Å². The van der Waals surface area contributed by atoms with E-state index in [-0.39, 0.29) is 23.1 Å². The predicted octanol–water partition coefficient (Wildman–Crippen LogP) is -0.909. The third-order valence-corrected chi connectivity index (χ3v) is 2.65. The fourth-order valence-corrected chi connectivity index (χ4v) is 1.66. The summed E-state index contributed by atoms with van der Waals surface area (Å²) in [6.07, 6.45) is 1.40. The van der Waals surface area contributed by atoms with E-state index in [2.05, 4.69) is 5.10 Å². The summed E-state index contributed by atoms with van der Waals surface area (Å²) in [5.41, 5.74) is 7.42. The Balaban J connectivity index is 3.23. The summed E-state index contributed by atoms with van der Waals surface area (Å²) in [6, 6.07) is -0.859. The number of nitrogens with zero attached hydrogens (tertiary/aromatic N) is 3. The van der Waals surface area contributed by atoms with Gasteiger partial charge in [-0.25, -0.2) is 10.2 Å². The zero-order chi connectivity index (χ0) is 14.7. The molecule has 0 saturated heterocycles. The van der Waals surface area contributed by atoms with Gasteiger partial charge < -0.3 is 15.5 Å². The number of nitrogens with two attached hydrogens (primary N) is 1. The zero-order valence-electron chi connectivity index (χ0n) is 11.3. The monoisotopic (exact) mass is 267 g/mol. The van der Waals surface area contributed by atoms with Gasteiger partial charge in [0, 0.05) is 27.3 Å². The van der Waals surface area contributed by atoms with Gasteiger partial charge >= 0.3 is 6.03 Å². The number of hydrogen-bond acceptors (Lipinski definition) is 4. The number of likely N-dealkylation sites (N-methyl/N-ethyl adjacent to an activating group) is 1. The van der Waals surface area contributed by atoms with E-state index in [1.165, 1.54) is 16.0 Å². The van der Waals surface area contributed by atoms with Crippen LogP contribution in [-0.2, 0) is 9.59 Å². The van der Waals surface area contributed by atoms with Crippen molar-refractivity contribution in [2.45, 2.75) is 6.92 Å². The Hall–Kier alpha value is -2.38. The molecule has 0 aromatic rings. The second-order valence-corrected chi connectivity index (χ2v) is 4.39. The van der Waals surface area contributed by atoms with Gasteiger partial charge in [-0.05, 0) is 6.92 Å². The third-order valence-electron chi connectivity index (χ3n) is 2.65. The molecule has 1 atom stereocenters. The minimum atomic E-state index is -0.859. The van der Waals surface area contributed by atoms with Crippen LogP contribution in [0.15, 0.2) is 16.9 Å². The van der Waals surface area contributed by atoms with Gasteiger partial charge in [0.15, 0.2) is 0 Å². The van der Waals surface area contributed by atoms with Gasteiger partial charge in [-0.2, -0.15) is 5.10 Å². The van der Waals surface area contributed by atoms with Crippen LogP contribution < -0.4 is 11.2 Å². The molecule has 4 amide bonds. The molecule has 0 bridgehead atoms. The molecule has 0 aromatic carbocycles. The number of carbonyl (C=O) groups is 3. The summed E-state index contributed by atoms with van der Waals surface area (Å²) < 4.78 is 0.